The fourth-order valence-electron chi connectivity index (χ4n) is 4.19. The normalized spacial score (nSPS) is 22.4. The molecule has 2 heterocycles. The van der Waals surface area contributed by atoms with Crippen molar-refractivity contribution in [3.63, 3.8) is 0 Å². The van der Waals surface area contributed by atoms with Crippen LogP contribution in [0, 0.1) is 5.82 Å². The van der Waals surface area contributed by atoms with Gasteiger partial charge in [-0.2, -0.15) is 0 Å². The molecule has 4 rings (SSSR count). The zero-order valence-electron chi connectivity index (χ0n) is 17.4. The van der Waals surface area contributed by atoms with Crippen molar-refractivity contribution in [3.05, 3.63) is 65.5 Å². The Kier molecular flexibility index (Phi) is 7.08. The molecule has 0 aromatic heterocycles. The number of halogens is 1. The predicted molar refractivity (Wildman–Crippen MR) is 118 cm³/mol. The Labute approximate surface area is 182 Å². The molecule has 2 aromatic carbocycles. The highest BCUT2D eigenvalue weighted by Gasteiger charge is 2.39. The molecule has 0 N–H and O–H groups in total. The molecule has 2 fully saturated rings. The first kappa shape index (κ1) is 21.3. The largest absolute Gasteiger partial charge is 0.378 e. The number of aryl methyl sites for hydroxylation is 1. The number of amides is 1. The Morgan fingerprint density at radius 2 is 1.73 bits per heavy atom. The van der Waals surface area contributed by atoms with Gasteiger partial charge in [0.05, 0.1) is 19.3 Å². The van der Waals surface area contributed by atoms with E-state index in [1.807, 2.05) is 17.0 Å². The molecular weight excluding hydrogens is 399 g/mol. The third-order valence-electron chi connectivity index (χ3n) is 5.91. The Morgan fingerprint density at radius 1 is 1.07 bits per heavy atom. The monoisotopic (exact) mass is 428 g/mol. The van der Waals surface area contributed by atoms with Crippen LogP contribution >= 0.6 is 11.8 Å². The number of hydrogen-bond donors (Lipinski definition) is 0. The first-order valence-electron chi connectivity index (χ1n) is 10.7. The predicted octanol–water partition coefficient (Wildman–Crippen LogP) is 3.98. The number of carbonyl (C=O) groups is 1. The molecule has 0 bridgehead atoms. The number of thioether (sulfide) groups is 1. The summed E-state index contributed by atoms with van der Waals surface area (Å²) in [5.74, 6) is -0.00557. The smallest absolute Gasteiger partial charge is 0.240 e. The Morgan fingerprint density at radius 3 is 2.40 bits per heavy atom. The molecule has 6 heteroatoms. The second kappa shape index (κ2) is 9.94. The number of nitrogens with zero attached hydrogens (tertiary/aromatic N) is 2. The number of carbonyl (C=O) groups excluding carboxylic acids is 1. The lowest BCUT2D eigenvalue weighted by molar-refractivity contribution is -0.140. The van der Waals surface area contributed by atoms with Crippen molar-refractivity contribution >= 4 is 17.7 Å². The molecule has 0 radical (unpaired) electrons. The van der Waals surface area contributed by atoms with Crippen LogP contribution in [0.4, 0.5) is 4.39 Å². The van der Waals surface area contributed by atoms with Crippen LogP contribution in [0.3, 0.4) is 0 Å². The Bertz CT molecular complexity index is 837. The topological polar surface area (TPSA) is 32.8 Å². The van der Waals surface area contributed by atoms with Gasteiger partial charge < -0.3 is 9.64 Å². The number of ether oxygens (including phenoxy) is 1. The number of hydrogen-bond acceptors (Lipinski definition) is 4. The molecule has 2 saturated heterocycles. The molecule has 2 aromatic rings. The fraction of sp³-hybridized carbons (Fsp3) is 0.458. The summed E-state index contributed by atoms with van der Waals surface area (Å²) in [6.07, 6.45) is 1.84. The Balaban J connectivity index is 1.48. The lowest BCUT2D eigenvalue weighted by atomic mass is 10.1. The van der Waals surface area contributed by atoms with Gasteiger partial charge in [-0.1, -0.05) is 31.2 Å². The standard InChI is InChI=1S/C24H29FN2O2S/c1-2-18-3-5-19(6-4-18)16-27-17-22(30-21-9-7-20(25)8-10-21)15-23(27)24(28)26-11-13-29-14-12-26/h3-10,22-23H,2,11-17H2,1H3/t22-,23+/m1/s1. The second-order valence-electron chi connectivity index (χ2n) is 7.98. The third-order valence-corrected chi connectivity index (χ3v) is 7.13. The van der Waals surface area contributed by atoms with Crippen molar-refractivity contribution in [1.29, 1.82) is 0 Å². The molecule has 0 spiro atoms. The van der Waals surface area contributed by atoms with E-state index in [0.29, 0.717) is 31.6 Å². The average molecular weight is 429 g/mol. The summed E-state index contributed by atoms with van der Waals surface area (Å²) < 4.78 is 18.7. The van der Waals surface area contributed by atoms with E-state index in [-0.39, 0.29) is 17.8 Å². The number of likely N-dealkylation sites (tertiary alicyclic amines) is 1. The number of morpholine rings is 1. The van der Waals surface area contributed by atoms with Crippen molar-refractivity contribution in [2.45, 2.75) is 42.5 Å². The van der Waals surface area contributed by atoms with E-state index in [0.717, 1.165) is 30.8 Å². The first-order chi connectivity index (χ1) is 14.6. The SMILES string of the molecule is CCc1ccc(CN2C[C@H](Sc3ccc(F)cc3)C[C@H]2C(=O)N2CCOCC2)cc1. The maximum Gasteiger partial charge on any atom is 0.240 e. The summed E-state index contributed by atoms with van der Waals surface area (Å²) in [6, 6.07) is 15.2. The molecule has 4 nitrogen and oxygen atoms in total. The highest BCUT2D eigenvalue weighted by atomic mass is 32.2. The van der Waals surface area contributed by atoms with Crippen LogP contribution in [0.5, 0.6) is 0 Å². The van der Waals surface area contributed by atoms with Crippen LogP contribution in [0.1, 0.15) is 24.5 Å². The summed E-state index contributed by atoms with van der Waals surface area (Å²) in [6.45, 7) is 6.34. The van der Waals surface area contributed by atoms with Gasteiger partial charge >= 0.3 is 0 Å². The van der Waals surface area contributed by atoms with E-state index < -0.39 is 0 Å². The molecule has 0 unspecified atom stereocenters. The van der Waals surface area contributed by atoms with Crippen LogP contribution in [-0.4, -0.2) is 59.8 Å². The van der Waals surface area contributed by atoms with E-state index >= 15 is 0 Å². The van der Waals surface area contributed by atoms with E-state index in [2.05, 4.69) is 36.1 Å². The van der Waals surface area contributed by atoms with E-state index in [9.17, 15) is 9.18 Å². The van der Waals surface area contributed by atoms with Crippen molar-refractivity contribution < 1.29 is 13.9 Å². The van der Waals surface area contributed by atoms with Crippen molar-refractivity contribution in [2.75, 3.05) is 32.8 Å². The zero-order chi connectivity index (χ0) is 20.9. The van der Waals surface area contributed by atoms with Gasteiger partial charge in [0.15, 0.2) is 0 Å². The maximum absolute atomic E-state index is 13.3. The number of benzene rings is 2. The fourth-order valence-corrected chi connectivity index (χ4v) is 5.42. The van der Waals surface area contributed by atoms with Crippen molar-refractivity contribution in [2.24, 2.45) is 0 Å². The second-order valence-corrected chi connectivity index (χ2v) is 9.36. The van der Waals surface area contributed by atoms with Gasteiger partial charge in [0.1, 0.15) is 5.82 Å². The van der Waals surface area contributed by atoms with Crippen LogP contribution in [0.2, 0.25) is 0 Å². The highest BCUT2D eigenvalue weighted by molar-refractivity contribution is 8.00. The van der Waals surface area contributed by atoms with Crippen LogP contribution in [0.15, 0.2) is 53.4 Å². The average Bonchev–Trinajstić information content (AvgIpc) is 3.18. The van der Waals surface area contributed by atoms with Crippen molar-refractivity contribution in [1.82, 2.24) is 9.80 Å². The minimum absolute atomic E-state index is 0.119. The first-order valence-corrected chi connectivity index (χ1v) is 11.6. The highest BCUT2D eigenvalue weighted by Crippen LogP contribution is 2.34. The van der Waals surface area contributed by atoms with Crippen LogP contribution < -0.4 is 0 Å². The van der Waals surface area contributed by atoms with Gasteiger partial charge in [-0.25, -0.2) is 4.39 Å². The molecule has 1 amide bonds. The van der Waals surface area contributed by atoms with E-state index in [1.54, 1.807) is 11.8 Å². The zero-order valence-corrected chi connectivity index (χ0v) is 18.2. The summed E-state index contributed by atoms with van der Waals surface area (Å²) in [4.78, 5) is 18.6. The van der Waals surface area contributed by atoms with Gasteiger partial charge in [-0.15, -0.1) is 11.8 Å². The summed E-state index contributed by atoms with van der Waals surface area (Å²) >= 11 is 1.74. The summed E-state index contributed by atoms with van der Waals surface area (Å²) in [5.41, 5.74) is 2.56. The lowest BCUT2D eigenvalue weighted by Gasteiger charge is -2.32. The van der Waals surface area contributed by atoms with Gasteiger partial charge in [0, 0.05) is 36.3 Å². The van der Waals surface area contributed by atoms with E-state index in [4.69, 9.17) is 4.74 Å². The van der Waals surface area contributed by atoms with Gasteiger partial charge in [-0.05, 0) is 48.2 Å². The van der Waals surface area contributed by atoms with Crippen molar-refractivity contribution in [3.8, 4) is 0 Å². The molecule has 2 aliphatic rings. The lowest BCUT2D eigenvalue weighted by Crippen LogP contribution is -2.49. The van der Waals surface area contributed by atoms with Gasteiger partial charge in [0.25, 0.3) is 0 Å². The molecule has 0 saturated carbocycles. The van der Waals surface area contributed by atoms with Crippen LogP contribution in [-0.2, 0) is 22.5 Å². The quantitative estimate of drug-likeness (QED) is 0.697. The molecule has 160 valence electrons. The molecule has 2 aliphatic heterocycles. The van der Waals surface area contributed by atoms with Gasteiger partial charge in [-0.3, -0.25) is 9.69 Å². The summed E-state index contributed by atoms with van der Waals surface area (Å²) in [5, 5.41) is 0.306. The molecular formula is C24H29FN2O2S. The third kappa shape index (κ3) is 5.23. The maximum atomic E-state index is 13.3. The van der Waals surface area contributed by atoms with Crippen LogP contribution in [0.25, 0.3) is 0 Å². The number of rotatable bonds is 6. The molecule has 30 heavy (non-hydrogen) atoms. The van der Waals surface area contributed by atoms with Gasteiger partial charge in [0.2, 0.25) is 5.91 Å². The summed E-state index contributed by atoms with van der Waals surface area (Å²) in [7, 11) is 0. The molecule has 2 atom stereocenters. The Hall–Kier alpha value is -1.89. The minimum atomic E-state index is -0.219. The molecule has 0 aliphatic carbocycles. The minimum Gasteiger partial charge on any atom is -0.378 e. The van der Waals surface area contributed by atoms with E-state index in [1.165, 1.54) is 23.3 Å².